The first-order chi connectivity index (χ1) is 12.5. The van der Waals surface area contributed by atoms with Crippen LogP contribution < -0.4 is 21.3 Å². The lowest BCUT2D eigenvalue weighted by atomic mass is 10.1. The summed E-state index contributed by atoms with van der Waals surface area (Å²) in [5, 5.41) is 11.4. The topological polar surface area (TPSA) is 118 Å². The standard InChI is InChI=1S/C17H34N4O5/c1-18-13(15(22)25-3)9-5-7-11-20-17(24)21-12-8-6-10-14(19-2)16(23)26-4/h13-14,18-19H,5-12H2,1-4H3,(H2,20,21,24). The smallest absolute Gasteiger partial charge is 0.322 e. The second kappa shape index (κ2) is 15.4. The van der Waals surface area contributed by atoms with Crippen molar-refractivity contribution in [3.63, 3.8) is 0 Å². The van der Waals surface area contributed by atoms with E-state index in [1.807, 2.05) is 0 Å². The van der Waals surface area contributed by atoms with Gasteiger partial charge < -0.3 is 30.7 Å². The molecular weight excluding hydrogens is 340 g/mol. The van der Waals surface area contributed by atoms with Crippen molar-refractivity contribution in [3.8, 4) is 0 Å². The molecule has 0 spiro atoms. The number of unbranched alkanes of at least 4 members (excludes halogenated alkanes) is 2. The molecule has 0 fully saturated rings. The third kappa shape index (κ3) is 10.9. The average Bonchev–Trinajstić information content (AvgIpc) is 2.66. The Labute approximate surface area is 155 Å². The van der Waals surface area contributed by atoms with E-state index in [2.05, 4.69) is 21.3 Å². The number of carbonyl (C=O) groups is 3. The summed E-state index contributed by atoms with van der Waals surface area (Å²) < 4.78 is 9.39. The van der Waals surface area contributed by atoms with Crippen LogP contribution in [0.25, 0.3) is 0 Å². The number of hydrogen-bond acceptors (Lipinski definition) is 7. The van der Waals surface area contributed by atoms with Crippen LogP contribution in [-0.2, 0) is 19.1 Å². The molecule has 2 unspecified atom stereocenters. The van der Waals surface area contributed by atoms with Crippen LogP contribution in [0.4, 0.5) is 4.79 Å². The highest BCUT2D eigenvalue weighted by Crippen LogP contribution is 2.03. The van der Waals surface area contributed by atoms with Gasteiger partial charge in [0.25, 0.3) is 0 Å². The molecule has 0 aliphatic rings. The summed E-state index contributed by atoms with van der Waals surface area (Å²) in [4.78, 5) is 34.5. The van der Waals surface area contributed by atoms with E-state index >= 15 is 0 Å². The Balaban J connectivity index is 3.66. The summed E-state index contributed by atoms with van der Waals surface area (Å²) >= 11 is 0. The fraction of sp³-hybridized carbons (Fsp3) is 0.824. The predicted molar refractivity (Wildman–Crippen MR) is 98.8 cm³/mol. The van der Waals surface area contributed by atoms with Gasteiger partial charge in [0, 0.05) is 13.1 Å². The molecule has 0 aliphatic carbocycles. The molecule has 0 aromatic heterocycles. The first-order valence-electron chi connectivity index (χ1n) is 9.02. The Morgan fingerprint density at radius 1 is 0.731 bits per heavy atom. The van der Waals surface area contributed by atoms with Crippen molar-refractivity contribution in [3.05, 3.63) is 0 Å². The number of carbonyl (C=O) groups excluding carboxylic acids is 3. The normalized spacial score (nSPS) is 12.8. The monoisotopic (exact) mass is 374 g/mol. The van der Waals surface area contributed by atoms with Crippen LogP contribution in [0, 0.1) is 0 Å². The van der Waals surface area contributed by atoms with Crippen molar-refractivity contribution in [1.82, 2.24) is 21.3 Å². The van der Waals surface area contributed by atoms with E-state index in [-0.39, 0.29) is 30.1 Å². The van der Waals surface area contributed by atoms with Gasteiger partial charge in [0.2, 0.25) is 0 Å². The number of nitrogens with one attached hydrogen (secondary N) is 4. The maximum absolute atomic E-state index is 11.7. The predicted octanol–water partition coefficient (Wildman–Crippen LogP) is 0.148. The van der Waals surface area contributed by atoms with Gasteiger partial charge in [0.15, 0.2) is 0 Å². The van der Waals surface area contributed by atoms with Gasteiger partial charge >= 0.3 is 18.0 Å². The molecule has 0 aromatic carbocycles. The molecule has 9 heteroatoms. The van der Waals surface area contributed by atoms with Gasteiger partial charge in [-0.05, 0) is 52.6 Å². The van der Waals surface area contributed by atoms with Crippen molar-refractivity contribution in [2.45, 2.75) is 50.6 Å². The molecule has 0 heterocycles. The summed E-state index contributed by atoms with van der Waals surface area (Å²) in [7, 11) is 6.17. The van der Waals surface area contributed by atoms with Crippen LogP contribution in [-0.4, -0.2) is 71.5 Å². The minimum Gasteiger partial charge on any atom is -0.468 e. The Kier molecular flexibility index (Phi) is 14.3. The SMILES string of the molecule is CNC(CCCCNC(=O)NCCCCC(NC)C(=O)OC)C(=O)OC. The highest BCUT2D eigenvalue weighted by Gasteiger charge is 2.16. The van der Waals surface area contributed by atoms with Crippen molar-refractivity contribution in [1.29, 1.82) is 0 Å². The molecule has 152 valence electrons. The van der Waals surface area contributed by atoms with Gasteiger partial charge in [-0.1, -0.05) is 0 Å². The van der Waals surface area contributed by atoms with E-state index in [1.165, 1.54) is 14.2 Å². The van der Waals surface area contributed by atoms with Gasteiger partial charge in [0.1, 0.15) is 12.1 Å². The maximum atomic E-state index is 11.7. The largest absolute Gasteiger partial charge is 0.468 e. The van der Waals surface area contributed by atoms with Gasteiger partial charge in [-0.2, -0.15) is 0 Å². The minimum absolute atomic E-state index is 0.207. The van der Waals surface area contributed by atoms with Crippen molar-refractivity contribution in [2.75, 3.05) is 41.4 Å². The molecule has 4 N–H and O–H groups in total. The second-order valence-electron chi connectivity index (χ2n) is 5.90. The number of ether oxygens (including phenoxy) is 2. The molecule has 26 heavy (non-hydrogen) atoms. The summed E-state index contributed by atoms with van der Waals surface area (Å²) in [6.07, 6.45) is 4.51. The van der Waals surface area contributed by atoms with E-state index in [0.29, 0.717) is 25.9 Å². The molecule has 0 rings (SSSR count). The number of esters is 2. The maximum Gasteiger partial charge on any atom is 0.322 e. The molecule has 0 bridgehead atoms. The molecule has 0 saturated carbocycles. The lowest BCUT2D eigenvalue weighted by Gasteiger charge is -2.14. The van der Waals surface area contributed by atoms with Gasteiger partial charge in [-0.25, -0.2) is 4.79 Å². The molecule has 0 saturated heterocycles. The fourth-order valence-corrected chi connectivity index (χ4v) is 2.46. The Morgan fingerprint density at radius 3 is 1.42 bits per heavy atom. The number of urea groups is 1. The van der Waals surface area contributed by atoms with Crippen molar-refractivity contribution < 1.29 is 23.9 Å². The van der Waals surface area contributed by atoms with E-state index in [0.717, 1.165) is 25.7 Å². The van der Waals surface area contributed by atoms with Crippen LogP contribution in [0.5, 0.6) is 0 Å². The van der Waals surface area contributed by atoms with Crippen LogP contribution >= 0.6 is 0 Å². The molecule has 9 nitrogen and oxygen atoms in total. The Bertz CT molecular complexity index is 384. The molecular formula is C17H34N4O5. The first kappa shape index (κ1) is 24.1. The molecule has 2 atom stereocenters. The fourth-order valence-electron chi connectivity index (χ4n) is 2.46. The van der Waals surface area contributed by atoms with Crippen LogP contribution in [0.3, 0.4) is 0 Å². The lowest BCUT2D eigenvalue weighted by Crippen LogP contribution is -2.37. The van der Waals surface area contributed by atoms with Crippen LogP contribution in [0.15, 0.2) is 0 Å². The van der Waals surface area contributed by atoms with Gasteiger partial charge in [-0.3, -0.25) is 9.59 Å². The van der Waals surface area contributed by atoms with E-state index in [4.69, 9.17) is 9.47 Å². The second-order valence-corrected chi connectivity index (χ2v) is 5.90. The third-order valence-electron chi connectivity index (χ3n) is 4.08. The number of hydrogen-bond donors (Lipinski definition) is 4. The number of methoxy groups -OCH3 is 2. The van der Waals surface area contributed by atoms with Gasteiger partial charge in [-0.15, -0.1) is 0 Å². The zero-order valence-electron chi connectivity index (χ0n) is 16.4. The quantitative estimate of drug-likeness (QED) is 0.252. The minimum atomic E-state index is -0.305. The molecule has 0 radical (unpaired) electrons. The Hall–Kier alpha value is -1.87. The lowest BCUT2D eigenvalue weighted by molar-refractivity contribution is -0.144. The van der Waals surface area contributed by atoms with Crippen molar-refractivity contribution in [2.24, 2.45) is 0 Å². The summed E-state index contributed by atoms with van der Waals surface area (Å²) in [6.45, 7) is 1.10. The number of rotatable bonds is 14. The highest BCUT2D eigenvalue weighted by atomic mass is 16.5. The van der Waals surface area contributed by atoms with Crippen LogP contribution in [0.2, 0.25) is 0 Å². The molecule has 0 aromatic rings. The zero-order valence-corrected chi connectivity index (χ0v) is 16.4. The van der Waals surface area contributed by atoms with E-state index in [9.17, 15) is 14.4 Å². The van der Waals surface area contributed by atoms with Gasteiger partial charge in [0.05, 0.1) is 14.2 Å². The summed E-state index contributed by atoms with van der Waals surface area (Å²) in [6, 6.07) is -0.818. The summed E-state index contributed by atoms with van der Waals surface area (Å²) in [5.41, 5.74) is 0. The average molecular weight is 374 g/mol. The molecule has 2 amide bonds. The Morgan fingerprint density at radius 2 is 1.12 bits per heavy atom. The zero-order chi connectivity index (χ0) is 19.8. The first-order valence-corrected chi connectivity index (χ1v) is 9.02. The molecule has 0 aliphatic heterocycles. The van der Waals surface area contributed by atoms with Crippen LogP contribution in [0.1, 0.15) is 38.5 Å². The number of amides is 2. The van der Waals surface area contributed by atoms with Crippen molar-refractivity contribution >= 4 is 18.0 Å². The van der Waals surface area contributed by atoms with E-state index < -0.39 is 0 Å². The highest BCUT2D eigenvalue weighted by molar-refractivity contribution is 5.76. The summed E-state index contributed by atoms with van der Waals surface area (Å²) in [5.74, 6) is -0.545. The van der Waals surface area contributed by atoms with E-state index in [1.54, 1.807) is 14.1 Å². The number of likely N-dealkylation sites (N-methyl/N-ethyl adjacent to an activating group) is 2. The third-order valence-corrected chi connectivity index (χ3v) is 4.08.